The number of hydrogen-bond acceptors (Lipinski definition) is 4. The lowest BCUT2D eigenvalue weighted by Crippen LogP contribution is -2.47. The average molecular weight is 222 g/mol. The Kier molecular flexibility index (Phi) is 4.54. The second-order valence-electron chi connectivity index (χ2n) is 3.83. The summed E-state index contributed by atoms with van der Waals surface area (Å²) >= 11 is 0. The van der Waals surface area contributed by atoms with Crippen molar-refractivity contribution in [1.82, 2.24) is 4.72 Å². The molecule has 5 nitrogen and oxygen atoms in total. The zero-order valence-electron chi connectivity index (χ0n) is 8.94. The number of nitrogens with one attached hydrogen (secondary N) is 1. The van der Waals surface area contributed by atoms with Crippen molar-refractivity contribution in [2.24, 2.45) is 11.7 Å². The van der Waals surface area contributed by atoms with E-state index in [9.17, 15) is 13.2 Å². The lowest BCUT2D eigenvalue weighted by molar-refractivity contribution is -0.121. The highest BCUT2D eigenvalue weighted by atomic mass is 32.2. The molecular formula is C8H18N2O3S. The summed E-state index contributed by atoms with van der Waals surface area (Å²) < 4.78 is 24.5. The third-order valence-electron chi connectivity index (χ3n) is 1.88. The summed E-state index contributed by atoms with van der Waals surface area (Å²) in [5.74, 6) is -0.730. The van der Waals surface area contributed by atoms with Crippen LogP contribution in [-0.4, -0.2) is 25.6 Å². The first-order valence-electron chi connectivity index (χ1n) is 4.49. The highest BCUT2D eigenvalue weighted by Gasteiger charge is 2.24. The summed E-state index contributed by atoms with van der Waals surface area (Å²) in [5, 5.41) is -0.634. The topological polar surface area (TPSA) is 89.3 Å². The van der Waals surface area contributed by atoms with Crippen LogP contribution in [0.15, 0.2) is 0 Å². The van der Waals surface area contributed by atoms with Gasteiger partial charge in [0.25, 0.3) is 5.91 Å². The molecule has 84 valence electrons. The minimum atomic E-state index is -3.56. The molecular weight excluding hydrogens is 204 g/mol. The molecule has 0 heterocycles. The van der Waals surface area contributed by atoms with Gasteiger partial charge in [-0.15, -0.1) is 0 Å². The molecule has 0 rings (SSSR count). The molecule has 1 unspecified atom stereocenters. The van der Waals surface area contributed by atoms with E-state index in [4.69, 9.17) is 5.73 Å². The molecule has 6 heteroatoms. The van der Waals surface area contributed by atoms with Crippen LogP contribution < -0.4 is 10.5 Å². The zero-order valence-corrected chi connectivity index (χ0v) is 9.76. The smallest absolute Gasteiger partial charge is 0.250 e. The van der Waals surface area contributed by atoms with Crippen molar-refractivity contribution in [3.8, 4) is 0 Å². The maximum atomic E-state index is 11.3. The molecule has 0 aromatic carbocycles. The highest BCUT2D eigenvalue weighted by molar-refractivity contribution is 7.90. The first-order valence-corrected chi connectivity index (χ1v) is 6.04. The van der Waals surface area contributed by atoms with Gasteiger partial charge in [-0.05, 0) is 19.8 Å². The molecule has 0 spiro atoms. The van der Waals surface area contributed by atoms with Crippen molar-refractivity contribution in [3.63, 3.8) is 0 Å². The minimum absolute atomic E-state index is 0.0858. The normalized spacial score (nSPS) is 14.5. The van der Waals surface area contributed by atoms with Crippen LogP contribution in [0.5, 0.6) is 0 Å². The van der Waals surface area contributed by atoms with E-state index in [1.54, 1.807) is 13.8 Å². The first-order chi connectivity index (χ1) is 6.18. The molecule has 0 aliphatic rings. The van der Waals surface area contributed by atoms with Gasteiger partial charge in [0.1, 0.15) is 0 Å². The van der Waals surface area contributed by atoms with E-state index in [-0.39, 0.29) is 5.92 Å². The molecule has 0 bridgehead atoms. The molecule has 3 N–H and O–H groups in total. The Bertz CT molecular complexity index is 296. The van der Waals surface area contributed by atoms with E-state index in [2.05, 4.69) is 0 Å². The Balaban J connectivity index is 4.49. The maximum absolute atomic E-state index is 11.3. The Labute approximate surface area is 85.1 Å². The van der Waals surface area contributed by atoms with E-state index in [1.807, 2.05) is 4.72 Å². The van der Waals surface area contributed by atoms with Crippen molar-refractivity contribution >= 4 is 15.9 Å². The fraction of sp³-hybridized carbons (Fsp3) is 0.875. The van der Waals surface area contributed by atoms with Crippen LogP contribution in [0.25, 0.3) is 0 Å². The van der Waals surface area contributed by atoms with Crippen molar-refractivity contribution in [2.75, 3.05) is 0 Å². The summed E-state index contributed by atoms with van der Waals surface area (Å²) in [5.41, 5.74) is 5.49. The third-order valence-corrected chi connectivity index (χ3v) is 3.61. The second kappa shape index (κ2) is 4.75. The standard InChI is InChI=1S/C8H18N2O3S/c1-5(2)7(9)8(11)10-14(12,13)6(3)4/h5-7H,9H2,1-4H3,(H,10,11). The molecule has 1 atom stereocenters. The number of amides is 1. The molecule has 0 saturated heterocycles. The van der Waals surface area contributed by atoms with E-state index in [0.717, 1.165) is 0 Å². The van der Waals surface area contributed by atoms with Crippen LogP contribution in [0.4, 0.5) is 0 Å². The molecule has 0 aliphatic heterocycles. The number of hydrogen-bond donors (Lipinski definition) is 2. The minimum Gasteiger partial charge on any atom is -0.320 e. The van der Waals surface area contributed by atoms with E-state index in [1.165, 1.54) is 13.8 Å². The van der Waals surface area contributed by atoms with Crippen molar-refractivity contribution < 1.29 is 13.2 Å². The summed E-state index contributed by atoms with van der Waals surface area (Å²) in [4.78, 5) is 11.3. The van der Waals surface area contributed by atoms with Gasteiger partial charge in [-0.25, -0.2) is 8.42 Å². The summed E-state index contributed by atoms with van der Waals surface area (Å²) in [7, 11) is -3.56. The van der Waals surface area contributed by atoms with E-state index in [0.29, 0.717) is 0 Å². The number of carbonyl (C=O) groups is 1. The fourth-order valence-electron chi connectivity index (χ4n) is 0.629. The summed E-state index contributed by atoms with van der Waals surface area (Å²) in [6, 6.07) is -0.788. The second-order valence-corrected chi connectivity index (χ2v) is 6.07. The van der Waals surface area contributed by atoms with Gasteiger partial charge < -0.3 is 5.73 Å². The number of rotatable bonds is 4. The highest BCUT2D eigenvalue weighted by Crippen LogP contribution is 2.01. The largest absolute Gasteiger partial charge is 0.320 e. The van der Waals surface area contributed by atoms with Gasteiger partial charge in [0.15, 0.2) is 0 Å². The Morgan fingerprint density at radius 2 is 1.64 bits per heavy atom. The lowest BCUT2D eigenvalue weighted by atomic mass is 10.1. The van der Waals surface area contributed by atoms with Gasteiger partial charge in [0, 0.05) is 0 Å². The fourth-order valence-corrected chi connectivity index (χ4v) is 1.28. The van der Waals surface area contributed by atoms with Gasteiger partial charge in [0.2, 0.25) is 10.0 Å². The predicted molar refractivity (Wildman–Crippen MR) is 55.0 cm³/mol. The summed E-state index contributed by atoms with van der Waals surface area (Å²) in [6.07, 6.45) is 0. The van der Waals surface area contributed by atoms with Crippen molar-refractivity contribution in [1.29, 1.82) is 0 Å². The quantitative estimate of drug-likeness (QED) is 0.690. The molecule has 0 radical (unpaired) electrons. The molecule has 14 heavy (non-hydrogen) atoms. The maximum Gasteiger partial charge on any atom is 0.250 e. The zero-order chi connectivity index (χ0) is 11.5. The first kappa shape index (κ1) is 13.4. The number of carbonyl (C=O) groups excluding carboxylic acids is 1. The lowest BCUT2D eigenvalue weighted by Gasteiger charge is -2.16. The molecule has 0 fully saturated rings. The van der Waals surface area contributed by atoms with Crippen molar-refractivity contribution in [2.45, 2.75) is 39.0 Å². The van der Waals surface area contributed by atoms with Gasteiger partial charge in [-0.3, -0.25) is 9.52 Å². The van der Waals surface area contributed by atoms with Gasteiger partial charge in [-0.2, -0.15) is 0 Å². The van der Waals surface area contributed by atoms with Crippen LogP contribution in [0.3, 0.4) is 0 Å². The number of nitrogens with two attached hydrogens (primary N) is 1. The van der Waals surface area contributed by atoms with Crippen LogP contribution >= 0.6 is 0 Å². The van der Waals surface area contributed by atoms with Crippen LogP contribution in [0, 0.1) is 5.92 Å². The predicted octanol–water partition coefficient (Wildman–Crippen LogP) is -0.176. The molecule has 0 aromatic rings. The SMILES string of the molecule is CC(C)C(N)C(=O)NS(=O)(=O)C(C)C. The Morgan fingerprint density at radius 3 is 1.93 bits per heavy atom. The van der Waals surface area contributed by atoms with E-state index < -0.39 is 27.2 Å². The van der Waals surface area contributed by atoms with Crippen LogP contribution in [-0.2, 0) is 14.8 Å². The van der Waals surface area contributed by atoms with Crippen LogP contribution in [0.2, 0.25) is 0 Å². The van der Waals surface area contributed by atoms with Crippen LogP contribution in [0.1, 0.15) is 27.7 Å². The van der Waals surface area contributed by atoms with E-state index >= 15 is 0 Å². The monoisotopic (exact) mass is 222 g/mol. The Hall–Kier alpha value is -0.620. The average Bonchev–Trinajstić information content (AvgIpc) is 2.01. The van der Waals surface area contributed by atoms with Gasteiger partial charge >= 0.3 is 0 Å². The van der Waals surface area contributed by atoms with Crippen molar-refractivity contribution in [3.05, 3.63) is 0 Å². The molecule has 0 saturated carbocycles. The molecule has 1 amide bonds. The van der Waals surface area contributed by atoms with Gasteiger partial charge in [-0.1, -0.05) is 13.8 Å². The number of sulfonamides is 1. The Morgan fingerprint density at radius 1 is 1.21 bits per heavy atom. The summed E-state index contributed by atoms with van der Waals surface area (Å²) in [6.45, 7) is 6.51. The molecule has 0 aliphatic carbocycles. The third kappa shape index (κ3) is 3.63. The van der Waals surface area contributed by atoms with Gasteiger partial charge in [0.05, 0.1) is 11.3 Å². The molecule has 0 aromatic heterocycles.